The minimum Gasteiger partial charge on any atom is -0.381 e. The van der Waals surface area contributed by atoms with Crippen molar-refractivity contribution in [1.29, 1.82) is 0 Å². The lowest BCUT2D eigenvalue weighted by Crippen LogP contribution is -2.33. The first kappa shape index (κ1) is 12.9. The predicted molar refractivity (Wildman–Crippen MR) is 62.1 cm³/mol. The molecule has 1 fully saturated rings. The van der Waals surface area contributed by atoms with Gasteiger partial charge < -0.3 is 14.8 Å². The van der Waals surface area contributed by atoms with Crippen LogP contribution in [0.4, 0.5) is 0 Å². The quantitative estimate of drug-likeness (QED) is 0.734. The Morgan fingerprint density at radius 2 is 2.00 bits per heavy atom. The number of rotatable bonds is 6. The molecule has 0 spiro atoms. The molecule has 1 saturated carbocycles. The molecule has 3 heteroatoms. The first-order valence-corrected chi connectivity index (χ1v) is 5.89. The molecule has 0 radical (unpaired) electrons. The average Bonchev–Trinajstić information content (AvgIpc) is 2.66. The molecule has 0 aromatic carbocycles. The molecular weight excluding hydrogens is 190 g/mol. The lowest BCUT2D eigenvalue weighted by atomic mass is 10.1. The summed E-state index contributed by atoms with van der Waals surface area (Å²) in [6.45, 7) is 5.28. The van der Waals surface area contributed by atoms with Crippen LogP contribution in [-0.2, 0) is 9.47 Å². The minimum atomic E-state index is -0.00768. The molecule has 1 N–H and O–H groups in total. The fourth-order valence-corrected chi connectivity index (χ4v) is 2.02. The summed E-state index contributed by atoms with van der Waals surface area (Å²) in [5, 5.41) is 3.58. The van der Waals surface area contributed by atoms with Crippen LogP contribution >= 0.6 is 0 Å². The van der Waals surface area contributed by atoms with Gasteiger partial charge in [0.25, 0.3) is 0 Å². The Hall–Kier alpha value is -0.120. The molecule has 1 aliphatic rings. The van der Waals surface area contributed by atoms with E-state index in [-0.39, 0.29) is 5.60 Å². The zero-order valence-corrected chi connectivity index (χ0v) is 10.5. The highest BCUT2D eigenvalue weighted by atomic mass is 16.5. The number of methoxy groups -OCH3 is 2. The lowest BCUT2D eigenvalue weighted by Gasteiger charge is -2.24. The van der Waals surface area contributed by atoms with E-state index < -0.39 is 0 Å². The van der Waals surface area contributed by atoms with Crippen molar-refractivity contribution < 1.29 is 9.47 Å². The maximum Gasteiger partial charge on any atom is 0.0634 e. The molecule has 2 atom stereocenters. The standard InChI is InChI=1S/C12H25NO2/c1-12(2,15-4)7-8-13-10-5-6-11(9-10)14-3/h10-11,13H,5-9H2,1-4H3. The van der Waals surface area contributed by atoms with E-state index in [9.17, 15) is 0 Å². The summed E-state index contributed by atoms with van der Waals surface area (Å²) in [6.07, 6.45) is 5.12. The largest absolute Gasteiger partial charge is 0.381 e. The van der Waals surface area contributed by atoms with E-state index in [2.05, 4.69) is 19.2 Å². The van der Waals surface area contributed by atoms with Crippen molar-refractivity contribution in [2.45, 2.75) is 57.3 Å². The van der Waals surface area contributed by atoms with Crippen molar-refractivity contribution in [3.05, 3.63) is 0 Å². The van der Waals surface area contributed by atoms with Gasteiger partial charge in [0.05, 0.1) is 11.7 Å². The Bertz CT molecular complexity index is 182. The Balaban J connectivity index is 2.11. The van der Waals surface area contributed by atoms with Gasteiger partial charge in [-0.15, -0.1) is 0 Å². The molecule has 1 aliphatic carbocycles. The number of nitrogens with one attached hydrogen (secondary N) is 1. The van der Waals surface area contributed by atoms with Crippen LogP contribution in [0, 0.1) is 0 Å². The Labute approximate surface area is 93.5 Å². The highest BCUT2D eigenvalue weighted by Crippen LogP contribution is 2.21. The van der Waals surface area contributed by atoms with Gasteiger partial charge in [-0.25, -0.2) is 0 Å². The number of hydrogen-bond acceptors (Lipinski definition) is 3. The van der Waals surface area contributed by atoms with Crippen molar-refractivity contribution >= 4 is 0 Å². The van der Waals surface area contributed by atoms with E-state index in [1.165, 1.54) is 12.8 Å². The van der Waals surface area contributed by atoms with Gasteiger partial charge in [-0.05, 0) is 46.1 Å². The Kier molecular flexibility index (Phi) is 5.03. The highest BCUT2D eigenvalue weighted by molar-refractivity contribution is 4.81. The zero-order chi connectivity index (χ0) is 11.3. The third kappa shape index (κ3) is 4.49. The molecule has 0 saturated heterocycles. The third-order valence-electron chi connectivity index (χ3n) is 3.43. The summed E-state index contributed by atoms with van der Waals surface area (Å²) in [7, 11) is 3.58. The molecule has 0 heterocycles. The van der Waals surface area contributed by atoms with Crippen LogP contribution in [-0.4, -0.2) is 38.5 Å². The topological polar surface area (TPSA) is 30.5 Å². The van der Waals surface area contributed by atoms with Gasteiger partial charge in [0.2, 0.25) is 0 Å². The summed E-state index contributed by atoms with van der Waals surface area (Å²) < 4.78 is 10.7. The molecule has 1 rings (SSSR count). The molecule has 3 nitrogen and oxygen atoms in total. The van der Waals surface area contributed by atoms with E-state index in [1.807, 2.05) is 0 Å². The summed E-state index contributed by atoms with van der Waals surface area (Å²) in [5.41, 5.74) is -0.00768. The SMILES string of the molecule is COC1CCC(NCCC(C)(C)OC)C1. The summed E-state index contributed by atoms with van der Waals surface area (Å²) in [6, 6.07) is 0.641. The fourth-order valence-electron chi connectivity index (χ4n) is 2.02. The van der Waals surface area contributed by atoms with E-state index in [0.29, 0.717) is 12.1 Å². The van der Waals surface area contributed by atoms with Gasteiger partial charge in [-0.3, -0.25) is 0 Å². The van der Waals surface area contributed by atoms with Crippen LogP contribution in [0.25, 0.3) is 0 Å². The van der Waals surface area contributed by atoms with Crippen molar-refractivity contribution in [2.75, 3.05) is 20.8 Å². The molecule has 0 aliphatic heterocycles. The number of hydrogen-bond donors (Lipinski definition) is 1. The third-order valence-corrected chi connectivity index (χ3v) is 3.43. The number of ether oxygens (including phenoxy) is 2. The average molecular weight is 215 g/mol. The van der Waals surface area contributed by atoms with Gasteiger partial charge >= 0.3 is 0 Å². The molecule has 0 aromatic heterocycles. The van der Waals surface area contributed by atoms with Crippen LogP contribution in [0.3, 0.4) is 0 Å². The Morgan fingerprint density at radius 1 is 1.27 bits per heavy atom. The zero-order valence-electron chi connectivity index (χ0n) is 10.5. The molecule has 15 heavy (non-hydrogen) atoms. The fraction of sp³-hybridized carbons (Fsp3) is 1.00. The van der Waals surface area contributed by atoms with Gasteiger partial charge in [0, 0.05) is 20.3 Å². The van der Waals surface area contributed by atoms with Crippen LogP contribution < -0.4 is 5.32 Å². The van der Waals surface area contributed by atoms with Crippen LogP contribution in [0.1, 0.15) is 39.5 Å². The van der Waals surface area contributed by atoms with E-state index in [0.717, 1.165) is 19.4 Å². The predicted octanol–water partition coefficient (Wildman–Crippen LogP) is 1.96. The monoisotopic (exact) mass is 215 g/mol. The smallest absolute Gasteiger partial charge is 0.0634 e. The second kappa shape index (κ2) is 5.83. The summed E-state index contributed by atoms with van der Waals surface area (Å²) >= 11 is 0. The summed E-state index contributed by atoms with van der Waals surface area (Å²) in [4.78, 5) is 0. The first-order valence-electron chi connectivity index (χ1n) is 5.89. The van der Waals surface area contributed by atoms with Gasteiger partial charge in [-0.1, -0.05) is 0 Å². The van der Waals surface area contributed by atoms with Crippen molar-refractivity contribution in [2.24, 2.45) is 0 Å². The lowest BCUT2D eigenvalue weighted by molar-refractivity contribution is 0.0153. The normalized spacial score (nSPS) is 27.2. The molecular formula is C12H25NO2. The highest BCUT2D eigenvalue weighted by Gasteiger charge is 2.24. The minimum absolute atomic E-state index is 0.00768. The van der Waals surface area contributed by atoms with Crippen LogP contribution in [0.5, 0.6) is 0 Å². The Morgan fingerprint density at radius 3 is 2.53 bits per heavy atom. The molecule has 90 valence electrons. The second-order valence-electron chi connectivity index (χ2n) is 5.04. The van der Waals surface area contributed by atoms with Crippen molar-refractivity contribution in [3.63, 3.8) is 0 Å². The molecule has 0 aromatic rings. The van der Waals surface area contributed by atoms with Gasteiger partial charge in [0.1, 0.15) is 0 Å². The van der Waals surface area contributed by atoms with E-state index in [4.69, 9.17) is 9.47 Å². The molecule has 0 amide bonds. The van der Waals surface area contributed by atoms with Crippen molar-refractivity contribution in [3.8, 4) is 0 Å². The molecule has 0 bridgehead atoms. The molecule has 2 unspecified atom stereocenters. The van der Waals surface area contributed by atoms with Gasteiger partial charge in [-0.2, -0.15) is 0 Å². The second-order valence-corrected chi connectivity index (χ2v) is 5.04. The maximum atomic E-state index is 5.38. The van der Waals surface area contributed by atoms with E-state index >= 15 is 0 Å². The maximum absolute atomic E-state index is 5.38. The van der Waals surface area contributed by atoms with Gasteiger partial charge in [0.15, 0.2) is 0 Å². The summed E-state index contributed by atoms with van der Waals surface area (Å²) in [5.74, 6) is 0. The van der Waals surface area contributed by atoms with E-state index in [1.54, 1.807) is 14.2 Å². The first-order chi connectivity index (χ1) is 7.07. The van der Waals surface area contributed by atoms with Crippen LogP contribution in [0.15, 0.2) is 0 Å². The van der Waals surface area contributed by atoms with Crippen LogP contribution in [0.2, 0.25) is 0 Å². The van der Waals surface area contributed by atoms with Crippen molar-refractivity contribution in [1.82, 2.24) is 5.32 Å².